The van der Waals surface area contributed by atoms with Gasteiger partial charge in [-0.05, 0) is 42.8 Å². The minimum absolute atomic E-state index is 0.0507. The predicted octanol–water partition coefficient (Wildman–Crippen LogP) is 2.33. The molecule has 2 aromatic rings. The molecule has 0 bridgehead atoms. The summed E-state index contributed by atoms with van der Waals surface area (Å²) in [7, 11) is 1.47. The molecular formula is C23H25FN2O5. The summed E-state index contributed by atoms with van der Waals surface area (Å²) in [5.74, 6) is 0.102. The van der Waals surface area contributed by atoms with Crippen molar-refractivity contribution in [2.45, 2.75) is 13.3 Å². The lowest BCUT2D eigenvalue weighted by Crippen LogP contribution is -2.52. The summed E-state index contributed by atoms with van der Waals surface area (Å²) in [5.41, 5.74) is 1.25. The van der Waals surface area contributed by atoms with Crippen LogP contribution in [0.1, 0.15) is 22.8 Å². The minimum atomic E-state index is -0.335. The van der Waals surface area contributed by atoms with Gasteiger partial charge in [0.05, 0.1) is 13.5 Å². The number of halogens is 1. The molecule has 31 heavy (non-hydrogen) atoms. The Balaban J connectivity index is 1.48. The molecule has 3 rings (SSSR count). The van der Waals surface area contributed by atoms with Crippen molar-refractivity contribution in [2.75, 3.05) is 39.9 Å². The number of nitrogens with zero attached hydrogens (tertiary/aromatic N) is 2. The lowest BCUT2D eigenvalue weighted by atomic mass is 10.1. The van der Waals surface area contributed by atoms with Crippen molar-refractivity contribution in [1.29, 1.82) is 0 Å². The first-order valence-electron chi connectivity index (χ1n) is 9.99. The number of carbonyl (C=O) groups is 3. The van der Waals surface area contributed by atoms with E-state index >= 15 is 0 Å². The van der Waals surface area contributed by atoms with Gasteiger partial charge in [0.2, 0.25) is 5.91 Å². The van der Waals surface area contributed by atoms with Crippen molar-refractivity contribution in [2.24, 2.45) is 0 Å². The van der Waals surface area contributed by atoms with Crippen LogP contribution in [0.2, 0.25) is 0 Å². The SMILES string of the molecule is COc1cc(C(C)=O)ccc1OCC(=O)N1CCN(C(=O)Cc2ccc(F)cc2)CC1. The zero-order valence-corrected chi connectivity index (χ0v) is 17.6. The van der Waals surface area contributed by atoms with E-state index in [4.69, 9.17) is 9.47 Å². The van der Waals surface area contributed by atoms with E-state index in [1.54, 1.807) is 40.1 Å². The number of ether oxygens (including phenoxy) is 2. The summed E-state index contributed by atoms with van der Waals surface area (Å²) >= 11 is 0. The van der Waals surface area contributed by atoms with Crippen LogP contribution in [0.25, 0.3) is 0 Å². The first-order chi connectivity index (χ1) is 14.9. The molecule has 2 amide bonds. The quantitative estimate of drug-likeness (QED) is 0.633. The highest BCUT2D eigenvalue weighted by molar-refractivity contribution is 5.94. The zero-order chi connectivity index (χ0) is 22.4. The zero-order valence-electron chi connectivity index (χ0n) is 17.6. The molecule has 8 heteroatoms. The Morgan fingerprint density at radius 2 is 1.52 bits per heavy atom. The maximum absolute atomic E-state index is 13.0. The summed E-state index contributed by atoms with van der Waals surface area (Å²) in [6.07, 6.45) is 0.202. The van der Waals surface area contributed by atoms with E-state index in [9.17, 15) is 18.8 Å². The van der Waals surface area contributed by atoms with Gasteiger partial charge in [-0.1, -0.05) is 12.1 Å². The summed E-state index contributed by atoms with van der Waals surface area (Å²) < 4.78 is 23.8. The number of rotatable bonds is 7. The van der Waals surface area contributed by atoms with Crippen LogP contribution >= 0.6 is 0 Å². The maximum Gasteiger partial charge on any atom is 0.260 e. The Hall–Kier alpha value is -3.42. The second-order valence-electron chi connectivity index (χ2n) is 7.28. The van der Waals surface area contributed by atoms with Crippen LogP contribution in [-0.4, -0.2) is 67.3 Å². The first kappa shape index (κ1) is 22.3. The molecule has 1 aliphatic rings. The molecule has 1 fully saturated rings. The average Bonchev–Trinajstić information content (AvgIpc) is 2.78. The van der Waals surface area contributed by atoms with E-state index < -0.39 is 0 Å². The molecule has 0 unspecified atom stereocenters. The minimum Gasteiger partial charge on any atom is -0.493 e. The molecule has 1 saturated heterocycles. The number of carbonyl (C=O) groups excluding carboxylic acids is 3. The fourth-order valence-corrected chi connectivity index (χ4v) is 3.33. The Kier molecular flexibility index (Phi) is 7.23. The summed E-state index contributed by atoms with van der Waals surface area (Å²) in [6.45, 7) is 2.99. The maximum atomic E-state index is 13.0. The van der Waals surface area contributed by atoms with Crippen LogP contribution in [0, 0.1) is 5.82 Å². The van der Waals surface area contributed by atoms with E-state index in [-0.39, 0.29) is 36.4 Å². The van der Waals surface area contributed by atoms with Gasteiger partial charge in [0, 0.05) is 31.7 Å². The smallest absolute Gasteiger partial charge is 0.260 e. The van der Waals surface area contributed by atoms with Gasteiger partial charge in [0.1, 0.15) is 5.82 Å². The fourth-order valence-electron chi connectivity index (χ4n) is 3.33. The average molecular weight is 428 g/mol. The van der Waals surface area contributed by atoms with Crippen molar-refractivity contribution in [1.82, 2.24) is 9.80 Å². The molecule has 164 valence electrons. The lowest BCUT2D eigenvalue weighted by Gasteiger charge is -2.34. The van der Waals surface area contributed by atoms with Crippen molar-refractivity contribution < 1.29 is 28.2 Å². The van der Waals surface area contributed by atoms with Crippen LogP contribution in [0.5, 0.6) is 11.5 Å². The Morgan fingerprint density at radius 3 is 2.10 bits per heavy atom. The molecule has 1 aliphatic heterocycles. The summed E-state index contributed by atoms with van der Waals surface area (Å²) in [4.78, 5) is 39.8. The van der Waals surface area contributed by atoms with Crippen molar-refractivity contribution >= 4 is 17.6 Å². The molecule has 0 N–H and O–H groups in total. The van der Waals surface area contributed by atoms with Gasteiger partial charge in [-0.3, -0.25) is 14.4 Å². The fraction of sp³-hybridized carbons (Fsp3) is 0.348. The van der Waals surface area contributed by atoms with Crippen molar-refractivity contribution in [3.63, 3.8) is 0 Å². The monoisotopic (exact) mass is 428 g/mol. The van der Waals surface area contributed by atoms with Gasteiger partial charge in [-0.25, -0.2) is 4.39 Å². The van der Waals surface area contributed by atoms with E-state index in [1.807, 2.05) is 0 Å². The van der Waals surface area contributed by atoms with Crippen molar-refractivity contribution in [3.05, 3.63) is 59.4 Å². The van der Waals surface area contributed by atoms with Gasteiger partial charge in [0.25, 0.3) is 5.91 Å². The number of ketones is 1. The summed E-state index contributed by atoms with van der Waals surface area (Å²) in [6, 6.07) is 10.7. The van der Waals surface area contributed by atoms with E-state index in [0.29, 0.717) is 43.2 Å². The van der Waals surface area contributed by atoms with E-state index in [2.05, 4.69) is 0 Å². The second-order valence-corrected chi connectivity index (χ2v) is 7.28. The topological polar surface area (TPSA) is 76.2 Å². The third-order valence-electron chi connectivity index (χ3n) is 5.17. The third kappa shape index (κ3) is 5.81. The third-order valence-corrected chi connectivity index (χ3v) is 5.17. The number of methoxy groups -OCH3 is 1. The largest absolute Gasteiger partial charge is 0.493 e. The Bertz CT molecular complexity index is 953. The Labute approximate surface area is 180 Å². The van der Waals surface area contributed by atoms with Crippen LogP contribution in [0.15, 0.2) is 42.5 Å². The van der Waals surface area contributed by atoms with E-state index in [0.717, 1.165) is 5.56 Å². The number of Topliss-reactive ketones (excluding diaryl/α,β-unsaturated/α-hetero) is 1. The van der Waals surface area contributed by atoms with Gasteiger partial charge >= 0.3 is 0 Å². The molecule has 0 aromatic heterocycles. The highest BCUT2D eigenvalue weighted by Gasteiger charge is 2.24. The molecule has 2 aromatic carbocycles. The van der Waals surface area contributed by atoms with Gasteiger partial charge < -0.3 is 19.3 Å². The van der Waals surface area contributed by atoms with E-state index in [1.165, 1.54) is 26.2 Å². The van der Waals surface area contributed by atoms with Gasteiger partial charge in [-0.2, -0.15) is 0 Å². The summed E-state index contributed by atoms with van der Waals surface area (Å²) in [5, 5.41) is 0. The van der Waals surface area contributed by atoms with Crippen LogP contribution in [-0.2, 0) is 16.0 Å². The van der Waals surface area contributed by atoms with Gasteiger partial charge in [-0.15, -0.1) is 0 Å². The molecular weight excluding hydrogens is 403 g/mol. The molecule has 0 saturated carbocycles. The lowest BCUT2D eigenvalue weighted by molar-refractivity contribution is -0.140. The molecule has 1 heterocycles. The normalized spacial score (nSPS) is 13.6. The van der Waals surface area contributed by atoms with Crippen LogP contribution in [0.3, 0.4) is 0 Å². The van der Waals surface area contributed by atoms with Crippen LogP contribution < -0.4 is 9.47 Å². The number of benzene rings is 2. The highest BCUT2D eigenvalue weighted by Crippen LogP contribution is 2.28. The van der Waals surface area contributed by atoms with Crippen LogP contribution in [0.4, 0.5) is 4.39 Å². The molecule has 0 spiro atoms. The molecule has 0 radical (unpaired) electrons. The van der Waals surface area contributed by atoms with Gasteiger partial charge in [0.15, 0.2) is 23.9 Å². The Morgan fingerprint density at radius 1 is 0.903 bits per heavy atom. The highest BCUT2D eigenvalue weighted by atomic mass is 19.1. The second kappa shape index (κ2) is 10.1. The number of hydrogen-bond acceptors (Lipinski definition) is 5. The number of piperazine rings is 1. The van der Waals surface area contributed by atoms with Crippen molar-refractivity contribution in [3.8, 4) is 11.5 Å². The first-order valence-corrected chi connectivity index (χ1v) is 9.99. The number of hydrogen-bond donors (Lipinski definition) is 0. The predicted molar refractivity (Wildman–Crippen MR) is 112 cm³/mol. The standard InChI is InChI=1S/C23H25FN2O5/c1-16(27)18-5-8-20(21(14-18)30-2)31-15-23(29)26-11-9-25(10-12-26)22(28)13-17-3-6-19(24)7-4-17/h3-8,14H,9-13,15H2,1-2H3. The molecule has 0 atom stereocenters. The number of amides is 2. The molecule has 7 nitrogen and oxygen atoms in total. The molecule has 0 aliphatic carbocycles.